The van der Waals surface area contributed by atoms with Gasteiger partial charge in [0.2, 0.25) is 5.88 Å². The lowest BCUT2D eigenvalue weighted by Gasteiger charge is -2.06. The molecule has 0 aliphatic rings. The van der Waals surface area contributed by atoms with Crippen LogP contribution in [-0.4, -0.2) is 19.9 Å². The Balaban J connectivity index is 2.09. The molecule has 120 valence electrons. The molecule has 0 saturated heterocycles. The summed E-state index contributed by atoms with van der Waals surface area (Å²) >= 11 is 1.13. The van der Waals surface area contributed by atoms with Gasteiger partial charge in [-0.15, -0.1) is 0 Å². The van der Waals surface area contributed by atoms with E-state index < -0.39 is 0 Å². The average molecular weight is 337 g/mol. The Bertz CT molecular complexity index is 941. The van der Waals surface area contributed by atoms with Crippen LogP contribution in [0.4, 0.5) is 0 Å². The van der Waals surface area contributed by atoms with Gasteiger partial charge in [0.1, 0.15) is 0 Å². The van der Waals surface area contributed by atoms with E-state index in [-0.39, 0.29) is 5.88 Å². The molecular formula is C17H15N5OS. The normalized spacial score (nSPS) is 10.6. The lowest BCUT2D eigenvalue weighted by molar-refractivity contribution is 0.433. The number of nitrogens with zero attached hydrogens (tertiary/aromatic N) is 4. The highest BCUT2D eigenvalue weighted by Crippen LogP contribution is 2.34. The number of pyridine rings is 1. The Kier molecular flexibility index (Phi) is 4.25. The van der Waals surface area contributed by atoms with Gasteiger partial charge in [-0.25, -0.2) is 4.98 Å². The molecule has 0 spiro atoms. The van der Waals surface area contributed by atoms with Crippen molar-refractivity contribution in [2.24, 2.45) is 5.14 Å². The van der Waals surface area contributed by atoms with E-state index >= 15 is 0 Å². The van der Waals surface area contributed by atoms with Gasteiger partial charge >= 0.3 is 0 Å². The third-order valence-electron chi connectivity index (χ3n) is 3.73. The topological polar surface area (TPSA) is 101 Å². The molecule has 0 amide bonds. The van der Waals surface area contributed by atoms with E-state index in [1.165, 1.54) is 4.68 Å². The fourth-order valence-electron chi connectivity index (χ4n) is 2.49. The van der Waals surface area contributed by atoms with Crippen molar-refractivity contribution in [2.45, 2.75) is 18.7 Å². The quantitative estimate of drug-likeness (QED) is 0.712. The Morgan fingerprint density at radius 2 is 1.96 bits per heavy atom. The number of benzene rings is 1. The van der Waals surface area contributed by atoms with Crippen LogP contribution in [0.5, 0.6) is 5.88 Å². The van der Waals surface area contributed by atoms with E-state index in [9.17, 15) is 5.11 Å². The summed E-state index contributed by atoms with van der Waals surface area (Å²) in [4.78, 5) is 5.18. The van der Waals surface area contributed by atoms with Gasteiger partial charge in [0.05, 0.1) is 22.9 Å². The van der Waals surface area contributed by atoms with E-state index in [0.717, 1.165) is 28.0 Å². The number of rotatable bonds is 3. The number of hydrogen-bond acceptors (Lipinski definition) is 6. The summed E-state index contributed by atoms with van der Waals surface area (Å²) in [6.07, 6.45) is 1.66. The molecule has 0 fully saturated rings. The van der Waals surface area contributed by atoms with Crippen LogP contribution in [0.15, 0.2) is 41.4 Å². The van der Waals surface area contributed by atoms with Crippen molar-refractivity contribution in [3.63, 3.8) is 0 Å². The molecule has 1 aromatic carbocycles. The summed E-state index contributed by atoms with van der Waals surface area (Å²) in [5.41, 5.74) is 3.61. The van der Waals surface area contributed by atoms with Gasteiger partial charge in [-0.3, -0.25) is 5.14 Å². The first kappa shape index (κ1) is 16.1. The minimum atomic E-state index is 0.0114. The number of nitriles is 1. The third kappa shape index (κ3) is 2.73. The highest BCUT2D eigenvalue weighted by molar-refractivity contribution is 7.97. The summed E-state index contributed by atoms with van der Waals surface area (Å²) < 4.78 is 1.40. The maximum Gasteiger partial charge on any atom is 0.223 e. The molecule has 3 aromatic rings. The van der Waals surface area contributed by atoms with E-state index in [4.69, 9.17) is 10.4 Å². The maximum atomic E-state index is 10.6. The SMILES string of the molecule is Cc1cc(-n2nc(C)c(-c3ccc(C#N)cc3)c2O)ncc1SN. The van der Waals surface area contributed by atoms with Gasteiger partial charge in [0.25, 0.3) is 0 Å². The zero-order chi connectivity index (χ0) is 17.3. The smallest absolute Gasteiger partial charge is 0.223 e. The van der Waals surface area contributed by atoms with E-state index in [0.29, 0.717) is 22.6 Å². The van der Waals surface area contributed by atoms with E-state index in [1.807, 2.05) is 19.9 Å². The molecule has 0 saturated carbocycles. The van der Waals surface area contributed by atoms with Gasteiger partial charge in [-0.2, -0.15) is 15.0 Å². The van der Waals surface area contributed by atoms with Crippen molar-refractivity contribution < 1.29 is 5.11 Å². The Morgan fingerprint density at radius 3 is 2.54 bits per heavy atom. The molecule has 0 aliphatic heterocycles. The van der Waals surface area contributed by atoms with Crippen molar-refractivity contribution >= 4 is 11.9 Å². The number of aromatic nitrogens is 3. The van der Waals surface area contributed by atoms with Crippen LogP contribution in [0.2, 0.25) is 0 Å². The summed E-state index contributed by atoms with van der Waals surface area (Å²) in [6, 6.07) is 10.9. The Labute approximate surface area is 143 Å². The maximum absolute atomic E-state index is 10.6. The van der Waals surface area contributed by atoms with Crippen LogP contribution in [0.1, 0.15) is 16.8 Å². The van der Waals surface area contributed by atoms with Crippen molar-refractivity contribution in [3.8, 4) is 28.9 Å². The lowest BCUT2D eigenvalue weighted by Crippen LogP contribution is -2.01. The summed E-state index contributed by atoms with van der Waals surface area (Å²) in [7, 11) is 0. The molecule has 0 atom stereocenters. The molecule has 3 N–H and O–H groups in total. The van der Waals surface area contributed by atoms with Gasteiger partial charge in [0.15, 0.2) is 5.82 Å². The Hall–Kier alpha value is -2.82. The molecule has 2 heterocycles. The second-order valence-corrected chi connectivity index (χ2v) is 5.99. The first-order chi connectivity index (χ1) is 11.5. The molecule has 0 unspecified atom stereocenters. The molecule has 0 aliphatic carbocycles. The predicted octanol–water partition coefficient (Wildman–Crippen LogP) is 3.09. The fourth-order valence-corrected chi connectivity index (χ4v) is 2.85. The van der Waals surface area contributed by atoms with Gasteiger partial charge in [0, 0.05) is 11.1 Å². The summed E-state index contributed by atoms with van der Waals surface area (Å²) in [6.45, 7) is 3.75. The van der Waals surface area contributed by atoms with Crippen LogP contribution >= 0.6 is 11.9 Å². The lowest BCUT2D eigenvalue weighted by atomic mass is 10.0. The van der Waals surface area contributed by atoms with Crippen molar-refractivity contribution in [1.82, 2.24) is 14.8 Å². The van der Waals surface area contributed by atoms with Crippen LogP contribution < -0.4 is 5.14 Å². The summed E-state index contributed by atoms with van der Waals surface area (Å²) in [5, 5.41) is 29.5. The molecule has 0 bridgehead atoms. The molecule has 6 nitrogen and oxygen atoms in total. The summed E-state index contributed by atoms with van der Waals surface area (Å²) in [5.74, 6) is 0.531. The highest BCUT2D eigenvalue weighted by atomic mass is 32.2. The number of hydrogen-bond donors (Lipinski definition) is 2. The average Bonchev–Trinajstić information content (AvgIpc) is 2.89. The molecule has 3 rings (SSSR count). The van der Waals surface area contributed by atoms with Gasteiger partial charge in [-0.05, 0) is 55.1 Å². The monoisotopic (exact) mass is 337 g/mol. The molecule has 0 radical (unpaired) electrons. The van der Waals surface area contributed by atoms with Crippen LogP contribution in [0, 0.1) is 25.2 Å². The second kappa shape index (κ2) is 6.35. The zero-order valence-corrected chi connectivity index (χ0v) is 14.0. The van der Waals surface area contributed by atoms with Crippen LogP contribution in [0.25, 0.3) is 16.9 Å². The van der Waals surface area contributed by atoms with E-state index in [1.54, 1.807) is 30.5 Å². The molecule has 2 aromatic heterocycles. The minimum absolute atomic E-state index is 0.0114. The molecular weight excluding hydrogens is 322 g/mol. The molecule has 7 heteroatoms. The van der Waals surface area contributed by atoms with Crippen molar-refractivity contribution in [2.75, 3.05) is 0 Å². The largest absolute Gasteiger partial charge is 0.493 e. The first-order valence-corrected chi connectivity index (χ1v) is 8.06. The first-order valence-electron chi connectivity index (χ1n) is 7.18. The third-order valence-corrected chi connectivity index (χ3v) is 4.41. The van der Waals surface area contributed by atoms with Gasteiger partial charge in [-0.1, -0.05) is 12.1 Å². The Morgan fingerprint density at radius 1 is 1.25 bits per heavy atom. The standard InChI is InChI=1S/C17H15N5OS/c1-10-7-15(20-9-14(10)24-19)22-17(23)16(11(2)21-22)13-5-3-12(8-18)4-6-13/h3-7,9,23H,19H2,1-2H3. The molecule has 24 heavy (non-hydrogen) atoms. The number of aryl methyl sites for hydroxylation is 2. The van der Waals surface area contributed by atoms with Crippen LogP contribution in [-0.2, 0) is 0 Å². The van der Waals surface area contributed by atoms with E-state index in [2.05, 4.69) is 16.2 Å². The highest BCUT2D eigenvalue weighted by Gasteiger charge is 2.18. The zero-order valence-electron chi connectivity index (χ0n) is 13.2. The second-order valence-electron chi connectivity index (χ2n) is 5.31. The van der Waals surface area contributed by atoms with Crippen molar-refractivity contribution in [3.05, 3.63) is 53.3 Å². The van der Waals surface area contributed by atoms with Crippen molar-refractivity contribution in [1.29, 1.82) is 5.26 Å². The number of aromatic hydroxyl groups is 1. The van der Waals surface area contributed by atoms with Crippen LogP contribution in [0.3, 0.4) is 0 Å². The predicted molar refractivity (Wildman–Crippen MR) is 92.7 cm³/mol. The fraction of sp³-hybridized carbons (Fsp3) is 0.118. The number of nitrogens with two attached hydrogens (primary N) is 1. The minimum Gasteiger partial charge on any atom is -0.493 e. The van der Waals surface area contributed by atoms with Gasteiger partial charge < -0.3 is 5.11 Å².